The van der Waals surface area contributed by atoms with Crippen molar-refractivity contribution in [2.75, 3.05) is 17.2 Å². The van der Waals surface area contributed by atoms with E-state index in [0.717, 1.165) is 24.2 Å². The summed E-state index contributed by atoms with van der Waals surface area (Å²) in [5.74, 6) is -0.254. The van der Waals surface area contributed by atoms with Crippen molar-refractivity contribution in [3.63, 3.8) is 0 Å². The van der Waals surface area contributed by atoms with Gasteiger partial charge >= 0.3 is 0 Å². The van der Waals surface area contributed by atoms with Crippen molar-refractivity contribution >= 4 is 52.1 Å². The molecule has 2 aromatic carbocycles. The average molecular weight is 342 g/mol. The van der Waals surface area contributed by atoms with Gasteiger partial charge in [0.25, 0.3) is 5.91 Å². The molecule has 0 aliphatic carbocycles. The van der Waals surface area contributed by atoms with Crippen LogP contribution in [0.2, 0.25) is 15.1 Å². The van der Waals surface area contributed by atoms with Gasteiger partial charge in [-0.25, -0.2) is 0 Å². The maximum Gasteiger partial charge on any atom is 0.255 e. The Morgan fingerprint density at radius 3 is 2.52 bits per heavy atom. The fraction of sp³-hybridized carbons (Fsp3) is 0.133. The van der Waals surface area contributed by atoms with Gasteiger partial charge in [-0.3, -0.25) is 4.79 Å². The number of amides is 1. The van der Waals surface area contributed by atoms with E-state index in [1.54, 1.807) is 6.07 Å². The van der Waals surface area contributed by atoms with Gasteiger partial charge in [0.1, 0.15) is 0 Å². The van der Waals surface area contributed by atoms with Crippen LogP contribution < -0.4 is 10.6 Å². The molecule has 0 atom stereocenters. The van der Waals surface area contributed by atoms with E-state index < -0.39 is 0 Å². The fourth-order valence-electron chi connectivity index (χ4n) is 2.29. The monoisotopic (exact) mass is 340 g/mol. The number of fused-ring (bicyclic) bond motifs is 1. The van der Waals surface area contributed by atoms with Crippen molar-refractivity contribution in [3.8, 4) is 0 Å². The Kier molecular flexibility index (Phi) is 3.98. The Hall–Kier alpha value is -1.42. The molecule has 0 fully saturated rings. The lowest BCUT2D eigenvalue weighted by Crippen LogP contribution is -2.12. The molecule has 0 aromatic heterocycles. The number of carbonyl (C=O) groups is 1. The third-order valence-corrected chi connectivity index (χ3v) is 4.14. The van der Waals surface area contributed by atoms with Crippen LogP contribution in [0, 0.1) is 0 Å². The molecule has 0 bridgehead atoms. The second-order valence-electron chi connectivity index (χ2n) is 4.75. The van der Waals surface area contributed by atoms with Gasteiger partial charge < -0.3 is 10.6 Å². The number of benzene rings is 2. The second-order valence-corrected chi connectivity index (χ2v) is 6.00. The maximum absolute atomic E-state index is 12.3. The van der Waals surface area contributed by atoms with Gasteiger partial charge in [0.05, 0.1) is 15.7 Å². The molecule has 21 heavy (non-hydrogen) atoms. The highest BCUT2D eigenvalue weighted by molar-refractivity contribution is 6.42. The van der Waals surface area contributed by atoms with E-state index >= 15 is 0 Å². The van der Waals surface area contributed by atoms with E-state index in [9.17, 15) is 4.79 Å². The molecule has 6 heteroatoms. The minimum atomic E-state index is -0.254. The molecule has 0 saturated carbocycles. The van der Waals surface area contributed by atoms with Crippen LogP contribution in [0.25, 0.3) is 0 Å². The molecule has 2 N–H and O–H groups in total. The average Bonchev–Trinajstić information content (AvgIpc) is 2.89. The van der Waals surface area contributed by atoms with E-state index in [0.29, 0.717) is 26.3 Å². The van der Waals surface area contributed by atoms with Crippen LogP contribution in [-0.2, 0) is 6.42 Å². The van der Waals surface area contributed by atoms with Gasteiger partial charge in [0.2, 0.25) is 0 Å². The van der Waals surface area contributed by atoms with Gasteiger partial charge in [-0.15, -0.1) is 0 Å². The van der Waals surface area contributed by atoms with Crippen molar-refractivity contribution in [3.05, 3.63) is 56.5 Å². The number of hydrogen-bond donors (Lipinski definition) is 2. The van der Waals surface area contributed by atoms with E-state index in [1.165, 1.54) is 12.1 Å². The Morgan fingerprint density at radius 2 is 1.81 bits per heavy atom. The second kappa shape index (κ2) is 5.76. The lowest BCUT2D eigenvalue weighted by atomic mass is 10.1. The fourth-order valence-corrected chi connectivity index (χ4v) is 3.20. The number of anilines is 2. The first-order chi connectivity index (χ1) is 10.0. The zero-order chi connectivity index (χ0) is 15.0. The summed E-state index contributed by atoms with van der Waals surface area (Å²) in [5.41, 5.74) is 3.15. The van der Waals surface area contributed by atoms with Gasteiger partial charge in [0, 0.05) is 22.8 Å². The van der Waals surface area contributed by atoms with Crippen LogP contribution in [-0.4, -0.2) is 12.5 Å². The van der Waals surface area contributed by atoms with Crippen molar-refractivity contribution < 1.29 is 4.79 Å². The summed E-state index contributed by atoms with van der Waals surface area (Å²) >= 11 is 18.0. The van der Waals surface area contributed by atoms with Gasteiger partial charge in [0.15, 0.2) is 0 Å². The van der Waals surface area contributed by atoms with Crippen LogP contribution in [0.4, 0.5) is 11.4 Å². The predicted octanol–water partition coefficient (Wildman–Crippen LogP) is 4.87. The summed E-state index contributed by atoms with van der Waals surface area (Å²) in [5, 5.41) is 7.02. The summed E-state index contributed by atoms with van der Waals surface area (Å²) < 4.78 is 0. The number of hydrogen-bond acceptors (Lipinski definition) is 2. The molecule has 0 radical (unpaired) electrons. The van der Waals surface area contributed by atoms with Crippen LogP contribution in [0.15, 0.2) is 30.3 Å². The van der Waals surface area contributed by atoms with Gasteiger partial charge in [-0.2, -0.15) is 0 Å². The summed E-state index contributed by atoms with van der Waals surface area (Å²) in [6, 6.07) is 8.63. The zero-order valence-electron chi connectivity index (χ0n) is 10.8. The van der Waals surface area contributed by atoms with Crippen molar-refractivity contribution in [2.24, 2.45) is 0 Å². The molecule has 2 aromatic rings. The smallest absolute Gasteiger partial charge is 0.255 e. The lowest BCUT2D eigenvalue weighted by molar-refractivity contribution is 0.102. The molecule has 3 nitrogen and oxygen atoms in total. The molecule has 0 spiro atoms. The normalized spacial score (nSPS) is 12.7. The van der Waals surface area contributed by atoms with E-state index in [-0.39, 0.29) is 5.91 Å². The molecule has 108 valence electrons. The maximum atomic E-state index is 12.3. The first kappa shape index (κ1) is 14.5. The molecule has 1 amide bonds. The SMILES string of the molecule is O=C(Nc1c(Cl)cc(Cl)cc1Cl)c1ccc2c(c1)CCN2. The topological polar surface area (TPSA) is 41.1 Å². The quantitative estimate of drug-likeness (QED) is 0.818. The van der Waals surface area contributed by atoms with Crippen LogP contribution in [0.3, 0.4) is 0 Å². The van der Waals surface area contributed by atoms with E-state index in [2.05, 4.69) is 10.6 Å². The minimum Gasteiger partial charge on any atom is -0.384 e. The minimum absolute atomic E-state index is 0.254. The first-order valence-electron chi connectivity index (χ1n) is 6.37. The third-order valence-electron chi connectivity index (χ3n) is 3.32. The standard InChI is InChI=1S/C15H11Cl3N2O/c16-10-6-11(17)14(12(18)7-10)20-15(21)9-1-2-13-8(5-9)3-4-19-13/h1-2,5-7,19H,3-4H2,(H,20,21). The molecular weight excluding hydrogens is 331 g/mol. The van der Waals surface area contributed by atoms with Crippen molar-refractivity contribution in [1.29, 1.82) is 0 Å². The molecule has 1 aliphatic heterocycles. The Morgan fingerprint density at radius 1 is 1.10 bits per heavy atom. The Balaban J connectivity index is 1.87. The number of halogens is 3. The molecule has 1 heterocycles. The van der Waals surface area contributed by atoms with E-state index in [4.69, 9.17) is 34.8 Å². The molecule has 0 unspecified atom stereocenters. The first-order valence-corrected chi connectivity index (χ1v) is 7.50. The third kappa shape index (κ3) is 2.95. The number of carbonyl (C=O) groups excluding carboxylic acids is 1. The lowest BCUT2D eigenvalue weighted by Gasteiger charge is -2.10. The number of nitrogens with one attached hydrogen (secondary N) is 2. The highest BCUT2D eigenvalue weighted by atomic mass is 35.5. The summed E-state index contributed by atoms with van der Waals surface area (Å²) in [4.78, 5) is 12.3. The Labute approximate surface area is 137 Å². The van der Waals surface area contributed by atoms with Crippen LogP contribution in [0.1, 0.15) is 15.9 Å². The van der Waals surface area contributed by atoms with Crippen molar-refractivity contribution in [2.45, 2.75) is 6.42 Å². The molecule has 3 rings (SSSR count). The number of rotatable bonds is 2. The van der Waals surface area contributed by atoms with Crippen molar-refractivity contribution in [1.82, 2.24) is 0 Å². The summed E-state index contributed by atoms with van der Waals surface area (Å²) in [6.45, 7) is 0.898. The van der Waals surface area contributed by atoms with Crippen LogP contribution in [0.5, 0.6) is 0 Å². The molecule has 1 aliphatic rings. The highest BCUT2D eigenvalue weighted by Gasteiger charge is 2.16. The van der Waals surface area contributed by atoms with Gasteiger partial charge in [-0.05, 0) is 42.3 Å². The Bertz CT molecular complexity index is 708. The van der Waals surface area contributed by atoms with Gasteiger partial charge in [-0.1, -0.05) is 34.8 Å². The predicted molar refractivity (Wildman–Crippen MR) is 88.1 cm³/mol. The molecular formula is C15H11Cl3N2O. The van der Waals surface area contributed by atoms with Crippen LogP contribution >= 0.6 is 34.8 Å². The molecule has 0 saturated heterocycles. The van der Waals surface area contributed by atoms with E-state index in [1.807, 2.05) is 12.1 Å². The largest absolute Gasteiger partial charge is 0.384 e. The zero-order valence-corrected chi connectivity index (χ0v) is 13.1. The summed E-state index contributed by atoms with van der Waals surface area (Å²) in [6.07, 6.45) is 0.916. The summed E-state index contributed by atoms with van der Waals surface area (Å²) in [7, 11) is 0. The highest BCUT2D eigenvalue weighted by Crippen LogP contribution is 2.34.